The molecule has 0 radical (unpaired) electrons. The molecule has 0 aromatic heterocycles. The fourth-order valence-corrected chi connectivity index (χ4v) is 2.32. The molecule has 1 amide bonds. The van der Waals surface area contributed by atoms with Gasteiger partial charge in [0, 0.05) is 23.3 Å². The number of non-ortho nitro benzene ring substituents is 1. The number of benzene rings is 2. The average molecular weight is 382 g/mol. The largest absolute Gasteiger partial charge is 0.507 e. The summed E-state index contributed by atoms with van der Waals surface area (Å²) in [5.74, 6) is 4.17. The Morgan fingerprint density at radius 3 is 2.32 bits per heavy atom. The van der Waals surface area contributed by atoms with E-state index in [4.69, 9.17) is 0 Å². The maximum absolute atomic E-state index is 12.3. The van der Waals surface area contributed by atoms with E-state index in [0.717, 1.165) is 0 Å². The molecule has 0 fully saturated rings. The van der Waals surface area contributed by atoms with Crippen LogP contribution in [0, 0.1) is 22.0 Å². The predicted octanol–water partition coefficient (Wildman–Crippen LogP) is 2.38. The Bertz CT molecular complexity index is 957. The molecule has 0 aliphatic heterocycles. The number of nitro benzene ring substituents is 1. The van der Waals surface area contributed by atoms with Gasteiger partial charge in [-0.25, -0.2) is 4.79 Å². The van der Waals surface area contributed by atoms with Gasteiger partial charge in [0.05, 0.1) is 17.6 Å². The number of rotatable bonds is 5. The van der Waals surface area contributed by atoms with Crippen molar-refractivity contribution in [1.29, 1.82) is 0 Å². The Hall–Kier alpha value is -3.86. The maximum atomic E-state index is 12.3. The second-order valence-corrected chi connectivity index (χ2v) is 5.74. The molecule has 1 unspecified atom stereocenters. The van der Waals surface area contributed by atoms with Crippen LogP contribution in [0.5, 0.6) is 5.75 Å². The Morgan fingerprint density at radius 1 is 1.18 bits per heavy atom. The second kappa shape index (κ2) is 9.19. The average Bonchev–Trinajstić information content (AvgIpc) is 2.70. The number of methoxy groups -OCH3 is 1. The predicted molar refractivity (Wildman–Crippen MR) is 101 cm³/mol. The number of ether oxygens (including phenoxy) is 1. The van der Waals surface area contributed by atoms with Crippen LogP contribution < -0.4 is 5.32 Å². The van der Waals surface area contributed by atoms with Gasteiger partial charge in [0.1, 0.15) is 11.8 Å². The van der Waals surface area contributed by atoms with Gasteiger partial charge in [0.2, 0.25) is 0 Å². The molecular weight excluding hydrogens is 364 g/mol. The smallest absolute Gasteiger partial charge is 0.328 e. The van der Waals surface area contributed by atoms with E-state index >= 15 is 0 Å². The van der Waals surface area contributed by atoms with Crippen LogP contribution in [0.3, 0.4) is 0 Å². The van der Waals surface area contributed by atoms with Crippen LogP contribution in [0.4, 0.5) is 5.69 Å². The molecule has 2 aromatic carbocycles. The van der Waals surface area contributed by atoms with E-state index in [0.29, 0.717) is 17.5 Å². The van der Waals surface area contributed by atoms with Crippen molar-refractivity contribution in [1.82, 2.24) is 5.32 Å². The lowest BCUT2D eigenvalue weighted by Crippen LogP contribution is -2.41. The number of hydrogen-bond donors (Lipinski definition) is 2. The summed E-state index contributed by atoms with van der Waals surface area (Å²) in [5.41, 5.74) is 0.988. The monoisotopic (exact) mass is 382 g/mol. The molecular formula is C20H18N2O6. The summed E-state index contributed by atoms with van der Waals surface area (Å²) >= 11 is 0. The summed E-state index contributed by atoms with van der Waals surface area (Å²) in [4.78, 5) is 34.0. The molecule has 8 heteroatoms. The second-order valence-electron chi connectivity index (χ2n) is 5.74. The van der Waals surface area contributed by atoms with Crippen LogP contribution >= 0.6 is 0 Å². The number of nitrogens with one attached hydrogen (secondary N) is 1. The third-order valence-electron chi connectivity index (χ3n) is 3.87. The molecule has 144 valence electrons. The summed E-state index contributed by atoms with van der Waals surface area (Å²) in [6.45, 7) is 1.72. The Morgan fingerprint density at radius 2 is 1.79 bits per heavy atom. The number of nitrogens with zero attached hydrogens (tertiary/aromatic N) is 1. The van der Waals surface area contributed by atoms with Crippen molar-refractivity contribution in [3.05, 3.63) is 69.3 Å². The van der Waals surface area contributed by atoms with Gasteiger partial charge in [0.15, 0.2) is 0 Å². The van der Waals surface area contributed by atoms with Crippen molar-refractivity contribution < 1.29 is 24.4 Å². The summed E-state index contributed by atoms with van der Waals surface area (Å²) in [6.07, 6.45) is 0.345. The third kappa shape index (κ3) is 5.08. The zero-order valence-electron chi connectivity index (χ0n) is 15.3. The first kappa shape index (κ1) is 20.5. The van der Waals surface area contributed by atoms with Gasteiger partial charge in [-0.3, -0.25) is 14.9 Å². The molecule has 2 N–H and O–H groups in total. The van der Waals surface area contributed by atoms with Crippen molar-refractivity contribution in [3.8, 4) is 17.6 Å². The summed E-state index contributed by atoms with van der Waals surface area (Å²) in [6, 6.07) is 9.20. The van der Waals surface area contributed by atoms with Crippen LogP contribution in [0.2, 0.25) is 0 Å². The summed E-state index contributed by atoms with van der Waals surface area (Å²) in [7, 11) is 1.23. The number of carbonyl (C=O) groups is 2. The Kier molecular flexibility index (Phi) is 6.71. The van der Waals surface area contributed by atoms with Crippen molar-refractivity contribution in [2.24, 2.45) is 0 Å². The number of nitro groups is 1. The van der Waals surface area contributed by atoms with E-state index in [-0.39, 0.29) is 17.0 Å². The minimum absolute atomic E-state index is 0.00300. The number of carbonyl (C=O) groups excluding carboxylic acids is 2. The minimum Gasteiger partial charge on any atom is -0.507 e. The highest BCUT2D eigenvalue weighted by Gasteiger charge is 2.21. The van der Waals surface area contributed by atoms with Gasteiger partial charge >= 0.3 is 5.97 Å². The number of phenolic OH excluding ortho intramolecular Hbond substituents is 1. The highest BCUT2D eigenvalue weighted by atomic mass is 16.6. The lowest BCUT2D eigenvalue weighted by atomic mass is 10.1. The zero-order chi connectivity index (χ0) is 20.7. The van der Waals surface area contributed by atoms with E-state index in [1.807, 2.05) is 0 Å². The maximum Gasteiger partial charge on any atom is 0.328 e. The number of esters is 1. The third-order valence-corrected chi connectivity index (χ3v) is 3.87. The van der Waals surface area contributed by atoms with E-state index < -0.39 is 22.8 Å². The van der Waals surface area contributed by atoms with Gasteiger partial charge < -0.3 is 15.2 Å². The topological polar surface area (TPSA) is 119 Å². The van der Waals surface area contributed by atoms with Crippen LogP contribution in [0.1, 0.15) is 34.8 Å². The zero-order valence-corrected chi connectivity index (χ0v) is 15.3. The number of aromatic hydroxyl groups is 1. The fourth-order valence-electron chi connectivity index (χ4n) is 2.32. The number of phenols is 1. The number of amides is 1. The molecule has 2 aromatic rings. The van der Waals surface area contributed by atoms with Gasteiger partial charge in [0.25, 0.3) is 11.6 Å². The Balaban J connectivity index is 2.15. The van der Waals surface area contributed by atoms with Crippen LogP contribution in [0.25, 0.3) is 0 Å². The van der Waals surface area contributed by atoms with Gasteiger partial charge in [-0.15, -0.1) is 0 Å². The molecule has 1 atom stereocenters. The molecule has 28 heavy (non-hydrogen) atoms. The Labute approximate surface area is 161 Å². The molecule has 0 saturated carbocycles. The SMILES string of the molecule is CCC(NC(=O)c1ccc(C#Cc2ccc([N+](=O)[O-])cc2)cc1O)C(=O)OC. The lowest BCUT2D eigenvalue weighted by molar-refractivity contribution is -0.384. The van der Waals surface area contributed by atoms with E-state index in [9.17, 15) is 24.8 Å². The highest BCUT2D eigenvalue weighted by molar-refractivity contribution is 5.99. The highest BCUT2D eigenvalue weighted by Crippen LogP contribution is 2.19. The van der Waals surface area contributed by atoms with Gasteiger partial charge in [-0.1, -0.05) is 18.8 Å². The quantitative estimate of drug-likeness (QED) is 0.355. The summed E-state index contributed by atoms with van der Waals surface area (Å²) < 4.78 is 4.61. The van der Waals surface area contributed by atoms with E-state index in [1.54, 1.807) is 13.0 Å². The number of hydrogen-bond acceptors (Lipinski definition) is 6. The van der Waals surface area contributed by atoms with E-state index in [2.05, 4.69) is 21.9 Å². The first-order chi connectivity index (χ1) is 13.3. The molecule has 8 nitrogen and oxygen atoms in total. The lowest BCUT2D eigenvalue weighted by Gasteiger charge is -2.15. The van der Waals surface area contributed by atoms with Gasteiger partial charge in [-0.05, 0) is 36.8 Å². The van der Waals surface area contributed by atoms with Crippen LogP contribution in [-0.4, -0.2) is 35.1 Å². The van der Waals surface area contributed by atoms with Crippen LogP contribution in [0.15, 0.2) is 42.5 Å². The molecule has 0 aliphatic carbocycles. The molecule has 0 aliphatic rings. The fraction of sp³-hybridized carbons (Fsp3) is 0.200. The van der Waals surface area contributed by atoms with Crippen molar-refractivity contribution >= 4 is 17.6 Å². The molecule has 0 heterocycles. The normalized spacial score (nSPS) is 10.9. The van der Waals surface area contributed by atoms with E-state index in [1.165, 1.54) is 43.5 Å². The van der Waals surface area contributed by atoms with Gasteiger partial charge in [-0.2, -0.15) is 0 Å². The minimum atomic E-state index is -0.807. The van der Waals surface area contributed by atoms with Crippen molar-refractivity contribution in [2.75, 3.05) is 7.11 Å². The molecule has 2 rings (SSSR count). The summed E-state index contributed by atoms with van der Waals surface area (Å²) in [5, 5.41) is 23.3. The van der Waals surface area contributed by atoms with Crippen LogP contribution in [-0.2, 0) is 9.53 Å². The standard InChI is InChI=1S/C20H18N2O6/c1-3-17(20(25)28-2)21-19(24)16-11-8-14(12-18(16)23)5-4-13-6-9-15(10-7-13)22(26)27/h6-12,17,23H,3H2,1-2H3,(H,21,24). The molecule has 0 saturated heterocycles. The van der Waals surface area contributed by atoms with Crippen molar-refractivity contribution in [3.63, 3.8) is 0 Å². The molecule has 0 spiro atoms. The molecule has 0 bridgehead atoms. The first-order valence-corrected chi connectivity index (χ1v) is 8.34. The van der Waals surface area contributed by atoms with Crippen molar-refractivity contribution in [2.45, 2.75) is 19.4 Å². The first-order valence-electron chi connectivity index (χ1n) is 8.34.